The minimum absolute atomic E-state index is 0.196. The van der Waals surface area contributed by atoms with Crippen LogP contribution in [-0.2, 0) is 4.79 Å². The number of hydrogen-bond donors (Lipinski definition) is 2. The number of carbonyl (C=O) groups excluding carboxylic acids is 1. The molecule has 3 N–H and O–H groups in total. The molecule has 0 spiro atoms. The molecule has 2 aliphatic rings. The Hall–Kier alpha value is -1.59. The first kappa shape index (κ1) is 13.4. The Bertz CT molecular complexity index is 492. The summed E-state index contributed by atoms with van der Waals surface area (Å²) in [6.07, 6.45) is 0.992. The van der Waals surface area contributed by atoms with Crippen LogP contribution in [0.3, 0.4) is 0 Å². The third-order valence-corrected chi connectivity index (χ3v) is 4.22. The van der Waals surface area contributed by atoms with Gasteiger partial charge in [0.1, 0.15) is 11.8 Å². The van der Waals surface area contributed by atoms with Gasteiger partial charge in [0.25, 0.3) is 0 Å². The summed E-state index contributed by atoms with van der Waals surface area (Å²) in [6, 6.07) is 7.99. The molecule has 0 aromatic heterocycles. The van der Waals surface area contributed by atoms with Gasteiger partial charge in [-0.1, -0.05) is 18.2 Å². The quantitative estimate of drug-likeness (QED) is 0.833. The molecule has 1 aromatic rings. The molecule has 1 fully saturated rings. The van der Waals surface area contributed by atoms with Gasteiger partial charge < -0.3 is 15.8 Å². The molecule has 3 rings (SSSR count). The summed E-state index contributed by atoms with van der Waals surface area (Å²) in [4.78, 5) is 13.8. The van der Waals surface area contributed by atoms with Gasteiger partial charge in [0.05, 0.1) is 6.61 Å². The molecule has 0 aliphatic carbocycles. The van der Waals surface area contributed by atoms with Crippen LogP contribution in [0.25, 0.3) is 0 Å². The normalized spacial score (nSPS) is 26.6. The zero-order chi connectivity index (χ0) is 13.9. The Balaban J connectivity index is 1.76. The van der Waals surface area contributed by atoms with Crippen molar-refractivity contribution in [3.05, 3.63) is 29.8 Å². The molecule has 0 bridgehead atoms. The molecular weight excluding hydrogens is 254 g/mol. The lowest BCUT2D eigenvalue weighted by Gasteiger charge is -2.37. The molecule has 5 heteroatoms. The van der Waals surface area contributed by atoms with E-state index in [-0.39, 0.29) is 11.9 Å². The van der Waals surface area contributed by atoms with Crippen molar-refractivity contribution in [1.29, 1.82) is 0 Å². The van der Waals surface area contributed by atoms with Crippen LogP contribution in [-0.4, -0.2) is 49.6 Å². The van der Waals surface area contributed by atoms with Gasteiger partial charge >= 0.3 is 0 Å². The van der Waals surface area contributed by atoms with E-state index in [0.29, 0.717) is 12.5 Å². The lowest BCUT2D eigenvalue weighted by atomic mass is 9.92. The first-order valence-electron chi connectivity index (χ1n) is 7.21. The van der Waals surface area contributed by atoms with E-state index in [1.807, 2.05) is 18.2 Å². The summed E-state index contributed by atoms with van der Waals surface area (Å²) >= 11 is 0. The molecule has 0 saturated carbocycles. The molecule has 0 radical (unpaired) electrons. The van der Waals surface area contributed by atoms with Crippen LogP contribution >= 0.6 is 0 Å². The van der Waals surface area contributed by atoms with Crippen LogP contribution in [0.15, 0.2) is 24.3 Å². The maximum Gasteiger partial charge on any atom is 0.236 e. The van der Waals surface area contributed by atoms with E-state index in [9.17, 15) is 4.79 Å². The number of rotatable bonds is 3. The van der Waals surface area contributed by atoms with Gasteiger partial charge in [-0.05, 0) is 18.1 Å². The van der Waals surface area contributed by atoms with Crippen molar-refractivity contribution < 1.29 is 9.53 Å². The topological polar surface area (TPSA) is 67.6 Å². The second kappa shape index (κ2) is 5.81. The van der Waals surface area contributed by atoms with Crippen molar-refractivity contribution in [2.24, 2.45) is 5.73 Å². The third kappa shape index (κ3) is 2.64. The highest BCUT2D eigenvalue weighted by molar-refractivity contribution is 5.80. The Morgan fingerprint density at radius 1 is 1.45 bits per heavy atom. The average molecular weight is 275 g/mol. The summed E-state index contributed by atoms with van der Waals surface area (Å²) in [7, 11) is 0. The van der Waals surface area contributed by atoms with Crippen molar-refractivity contribution in [3.8, 4) is 5.75 Å². The Morgan fingerprint density at radius 2 is 2.30 bits per heavy atom. The van der Waals surface area contributed by atoms with E-state index >= 15 is 0 Å². The predicted molar refractivity (Wildman–Crippen MR) is 76.7 cm³/mol. The van der Waals surface area contributed by atoms with Crippen LogP contribution in [0.2, 0.25) is 0 Å². The number of amides is 1. The highest BCUT2D eigenvalue weighted by Gasteiger charge is 2.30. The molecule has 5 nitrogen and oxygen atoms in total. The number of nitrogens with one attached hydrogen (secondary N) is 1. The fourth-order valence-electron chi connectivity index (χ4n) is 3.13. The van der Waals surface area contributed by atoms with E-state index in [2.05, 4.69) is 16.3 Å². The molecule has 1 amide bonds. The second-order valence-electron chi connectivity index (χ2n) is 5.49. The van der Waals surface area contributed by atoms with Gasteiger partial charge in [-0.25, -0.2) is 0 Å². The van der Waals surface area contributed by atoms with Crippen molar-refractivity contribution in [2.75, 3.05) is 32.8 Å². The first-order valence-corrected chi connectivity index (χ1v) is 7.21. The Kier molecular flexibility index (Phi) is 3.89. The van der Waals surface area contributed by atoms with Crippen LogP contribution in [0.1, 0.15) is 17.9 Å². The van der Waals surface area contributed by atoms with E-state index in [1.165, 1.54) is 5.56 Å². The summed E-state index contributed by atoms with van der Waals surface area (Å²) in [6.45, 7) is 4.05. The summed E-state index contributed by atoms with van der Waals surface area (Å²) in [5.41, 5.74) is 6.76. The van der Waals surface area contributed by atoms with Crippen molar-refractivity contribution in [1.82, 2.24) is 10.2 Å². The van der Waals surface area contributed by atoms with Gasteiger partial charge in [-0.3, -0.25) is 9.69 Å². The SMILES string of the molecule is NC(=O)C1CNCCN1CC1CCOc2ccccc21. The Labute approximate surface area is 119 Å². The standard InChI is InChI=1S/C15H21N3O2/c16-15(19)13-9-17-6-7-18(13)10-11-5-8-20-14-4-2-1-3-12(11)14/h1-4,11,13,17H,5-10H2,(H2,16,19). The number of primary amides is 1. The molecular formula is C15H21N3O2. The molecule has 2 unspecified atom stereocenters. The number of ether oxygens (including phenoxy) is 1. The van der Waals surface area contributed by atoms with Crippen molar-refractivity contribution in [3.63, 3.8) is 0 Å². The largest absolute Gasteiger partial charge is 0.493 e. The van der Waals surface area contributed by atoms with Gasteiger partial charge in [0, 0.05) is 32.1 Å². The minimum atomic E-state index is -0.238. The van der Waals surface area contributed by atoms with Gasteiger partial charge in [0.2, 0.25) is 5.91 Å². The number of piperazine rings is 1. The van der Waals surface area contributed by atoms with Gasteiger partial charge in [0.15, 0.2) is 0 Å². The summed E-state index contributed by atoms with van der Waals surface area (Å²) in [5.74, 6) is 1.16. The second-order valence-corrected chi connectivity index (χ2v) is 5.49. The van der Waals surface area contributed by atoms with E-state index in [0.717, 1.165) is 38.4 Å². The monoisotopic (exact) mass is 275 g/mol. The number of nitrogens with two attached hydrogens (primary N) is 1. The molecule has 2 atom stereocenters. The van der Waals surface area contributed by atoms with E-state index in [1.54, 1.807) is 0 Å². The van der Waals surface area contributed by atoms with E-state index in [4.69, 9.17) is 10.5 Å². The predicted octanol–water partition coefficient (Wildman–Crippen LogP) is 0.312. The lowest BCUT2D eigenvalue weighted by Crippen LogP contribution is -2.57. The average Bonchev–Trinajstić information content (AvgIpc) is 2.48. The summed E-state index contributed by atoms with van der Waals surface area (Å²) in [5, 5.41) is 3.24. The Morgan fingerprint density at radius 3 is 3.15 bits per heavy atom. The van der Waals surface area contributed by atoms with Crippen molar-refractivity contribution >= 4 is 5.91 Å². The highest BCUT2D eigenvalue weighted by atomic mass is 16.5. The number of benzene rings is 1. The van der Waals surface area contributed by atoms with Crippen LogP contribution < -0.4 is 15.8 Å². The minimum Gasteiger partial charge on any atom is -0.493 e. The highest BCUT2D eigenvalue weighted by Crippen LogP contribution is 2.34. The number of nitrogens with zero attached hydrogens (tertiary/aromatic N) is 1. The molecule has 20 heavy (non-hydrogen) atoms. The zero-order valence-electron chi connectivity index (χ0n) is 11.5. The number of carbonyl (C=O) groups is 1. The van der Waals surface area contributed by atoms with Crippen LogP contribution in [0.5, 0.6) is 5.75 Å². The smallest absolute Gasteiger partial charge is 0.236 e. The van der Waals surface area contributed by atoms with Crippen molar-refractivity contribution in [2.45, 2.75) is 18.4 Å². The number of hydrogen-bond acceptors (Lipinski definition) is 4. The fraction of sp³-hybridized carbons (Fsp3) is 0.533. The molecule has 1 saturated heterocycles. The zero-order valence-corrected chi connectivity index (χ0v) is 11.5. The van der Waals surface area contributed by atoms with Gasteiger partial charge in [-0.15, -0.1) is 0 Å². The molecule has 2 heterocycles. The fourth-order valence-corrected chi connectivity index (χ4v) is 3.13. The van der Waals surface area contributed by atoms with E-state index < -0.39 is 0 Å². The number of para-hydroxylation sites is 1. The maximum absolute atomic E-state index is 11.6. The number of fused-ring (bicyclic) bond motifs is 1. The summed E-state index contributed by atoms with van der Waals surface area (Å²) < 4.78 is 5.69. The van der Waals surface area contributed by atoms with Crippen LogP contribution in [0, 0.1) is 0 Å². The molecule has 1 aromatic carbocycles. The molecule has 108 valence electrons. The maximum atomic E-state index is 11.6. The molecule has 2 aliphatic heterocycles. The third-order valence-electron chi connectivity index (χ3n) is 4.22. The van der Waals surface area contributed by atoms with Crippen LogP contribution in [0.4, 0.5) is 0 Å². The van der Waals surface area contributed by atoms with Gasteiger partial charge in [-0.2, -0.15) is 0 Å². The lowest BCUT2D eigenvalue weighted by molar-refractivity contribution is -0.123. The first-order chi connectivity index (χ1) is 9.75.